The molecular weight excluding hydrogens is 160 g/mol. The number of nitrogens with one attached hydrogen (secondary N) is 1. The van der Waals surface area contributed by atoms with Crippen molar-refractivity contribution < 1.29 is 0 Å². The van der Waals surface area contributed by atoms with Crippen LogP contribution in [0, 0.1) is 17.8 Å². The first-order chi connectivity index (χ1) is 6.02. The topological polar surface area (TPSA) is 38.0 Å². The molecule has 0 spiro atoms. The summed E-state index contributed by atoms with van der Waals surface area (Å²) in [4.78, 5) is 0. The maximum absolute atomic E-state index is 5.54. The van der Waals surface area contributed by atoms with Crippen LogP contribution < -0.4 is 11.3 Å². The van der Waals surface area contributed by atoms with Crippen molar-refractivity contribution in [3.63, 3.8) is 0 Å². The molecule has 0 aliphatic heterocycles. The predicted octanol–water partition coefficient (Wildman–Crippen LogP) is 2.32. The van der Waals surface area contributed by atoms with Crippen LogP contribution in [0.3, 0.4) is 0 Å². The number of nitrogens with two attached hydrogens (primary N) is 1. The molecule has 0 saturated carbocycles. The molecule has 0 aromatic carbocycles. The number of hydrogen-bond acceptors (Lipinski definition) is 2. The van der Waals surface area contributed by atoms with Gasteiger partial charge in [-0.2, -0.15) is 0 Å². The highest BCUT2D eigenvalue weighted by Crippen LogP contribution is 2.21. The summed E-state index contributed by atoms with van der Waals surface area (Å²) in [7, 11) is 0. The van der Waals surface area contributed by atoms with E-state index >= 15 is 0 Å². The Labute approximate surface area is 82.6 Å². The summed E-state index contributed by atoms with van der Waals surface area (Å²) in [5.41, 5.74) is 2.89. The zero-order valence-corrected chi connectivity index (χ0v) is 9.38. The van der Waals surface area contributed by atoms with Crippen molar-refractivity contribution in [2.24, 2.45) is 23.6 Å². The van der Waals surface area contributed by atoms with E-state index in [1.807, 2.05) is 6.08 Å². The molecule has 0 heterocycles. The molecular formula is C11H24N2. The monoisotopic (exact) mass is 184 g/mol. The van der Waals surface area contributed by atoms with E-state index in [0.29, 0.717) is 23.8 Å². The fourth-order valence-electron chi connectivity index (χ4n) is 1.75. The van der Waals surface area contributed by atoms with Crippen LogP contribution in [0.25, 0.3) is 0 Å². The van der Waals surface area contributed by atoms with E-state index < -0.39 is 0 Å². The highest BCUT2D eigenvalue weighted by Gasteiger charge is 2.21. The van der Waals surface area contributed by atoms with E-state index in [4.69, 9.17) is 5.84 Å². The summed E-state index contributed by atoms with van der Waals surface area (Å²) in [6.45, 7) is 12.7. The second kappa shape index (κ2) is 6.17. The number of hydrogen-bond donors (Lipinski definition) is 2. The van der Waals surface area contributed by atoms with Crippen LogP contribution in [0.1, 0.15) is 34.1 Å². The molecule has 0 radical (unpaired) electrons. The maximum atomic E-state index is 5.54. The molecule has 0 bridgehead atoms. The van der Waals surface area contributed by atoms with Crippen LogP contribution in [0.4, 0.5) is 0 Å². The zero-order chi connectivity index (χ0) is 10.4. The predicted molar refractivity (Wildman–Crippen MR) is 59.1 cm³/mol. The molecule has 0 aliphatic carbocycles. The first kappa shape index (κ1) is 12.7. The fourth-order valence-corrected chi connectivity index (χ4v) is 1.75. The second-order valence-corrected chi connectivity index (χ2v) is 4.46. The Hall–Kier alpha value is -0.340. The molecule has 2 nitrogen and oxygen atoms in total. The van der Waals surface area contributed by atoms with Crippen molar-refractivity contribution in [2.75, 3.05) is 0 Å². The smallest absolute Gasteiger partial charge is 0.0278 e. The molecule has 0 aromatic rings. The molecule has 0 saturated heterocycles. The van der Waals surface area contributed by atoms with Gasteiger partial charge in [0.2, 0.25) is 0 Å². The highest BCUT2D eigenvalue weighted by molar-refractivity contribution is 4.90. The van der Waals surface area contributed by atoms with Gasteiger partial charge in [0.25, 0.3) is 0 Å². The standard InChI is InChI=1S/C11H24N2/c1-6-10(9(4)5)11(13-12)7-8(2)3/h6,8-11,13H,1,7,12H2,2-5H3. The second-order valence-electron chi connectivity index (χ2n) is 4.46. The Morgan fingerprint density at radius 1 is 1.31 bits per heavy atom. The third-order valence-corrected chi connectivity index (χ3v) is 2.45. The lowest BCUT2D eigenvalue weighted by Crippen LogP contribution is -2.42. The minimum Gasteiger partial charge on any atom is -0.271 e. The number of hydrazine groups is 1. The van der Waals surface area contributed by atoms with Crippen LogP contribution in [-0.2, 0) is 0 Å². The zero-order valence-electron chi connectivity index (χ0n) is 9.38. The van der Waals surface area contributed by atoms with E-state index in [1.54, 1.807) is 0 Å². The molecule has 2 atom stereocenters. The lowest BCUT2D eigenvalue weighted by atomic mass is 9.84. The van der Waals surface area contributed by atoms with Gasteiger partial charge in [0, 0.05) is 6.04 Å². The molecule has 0 rings (SSSR count). The van der Waals surface area contributed by atoms with Gasteiger partial charge in [-0.05, 0) is 24.2 Å². The van der Waals surface area contributed by atoms with Gasteiger partial charge in [-0.25, -0.2) is 0 Å². The molecule has 0 aliphatic rings. The van der Waals surface area contributed by atoms with Crippen molar-refractivity contribution in [2.45, 2.75) is 40.2 Å². The summed E-state index contributed by atoms with van der Waals surface area (Å²) in [5, 5.41) is 0. The highest BCUT2D eigenvalue weighted by atomic mass is 15.2. The van der Waals surface area contributed by atoms with E-state index in [1.165, 1.54) is 0 Å². The summed E-state index contributed by atoms with van der Waals surface area (Å²) in [6.07, 6.45) is 3.11. The van der Waals surface area contributed by atoms with Gasteiger partial charge >= 0.3 is 0 Å². The number of rotatable bonds is 6. The normalized spacial score (nSPS) is 16.2. The van der Waals surface area contributed by atoms with Gasteiger partial charge in [0.15, 0.2) is 0 Å². The first-order valence-corrected chi connectivity index (χ1v) is 5.11. The van der Waals surface area contributed by atoms with Crippen molar-refractivity contribution >= 4 is 0 Å². The van der Waals surface area contributed by atoms with Crippen molar-refractivity contribution in [3.05, 3.63) is 12.7 Å². The van der Waals surface area contributed by atoms with Crippen molar-refractivity contribution in [1.29, 1.82) is 0 Å². The van der Waals surface area contributed by atoms with Gasteiger partial charge in [0.1, 0.15) is 0 Å². The fraction of sp³-hybridized carbons (Fsp3) is 0.818. The van der Waals surface area contributed by atoms with Gasteiger partial charge in [-0.1, -0.05) is 33.8 Å². The molecule has 3 N–H and O–H groups in total. The molecule has 0 amide bonds. The Morgan fingerprint density at radius 2 is 1.85 bits per heavy atom. The molecule has 0 aromatic heterocycles. The Morgan fingerprint density at radius 3 is 2.08 bits per heavy atom. The van der Waals surface area contributed by atoms with Crippen molar-refractivity contribution in [1.82, 2.24) is 5.43 Å². The average Bonchev–Trinajstić information content (AvgIpc) is 2.02. The van der Waals surface area contributed by atoms with Gasteiger partial charge in [0.05, 0.1) is 0 Å². The largest absolute Gasteiger partial charge is 0.271 e. The summed E-state index contributed by atoms with van der Waals surface area (Å²) in [6, 6.07) is 0.359. The van der Waals surface area contributed by atoms with E-state index in [-0.39, 0.29) is 0 Å². The lowest BCUT2D eigenvalue weighted by molar-refractivity contribution is 0.294. The third-order valence-electron chi connectivity index (χ3n) is 2.45. The summed E-state index contributed by atoms with van der Waals surface area (Å²) < 4.78 is 0. The maximum Gasteiger partial charge on any atom is 0.0278 e. The third kappa shape index (κ3) is 4.44. The molecule has 13 heavy (non-hydrogen) atoms. The Kier molecular flexibility index (Phi) is 6.00. The van der Waals surface area contributed by atoms with Gasteiger partial charge in [-0.15, -0.1) is 6.58 Å². The van der Waals surface area contributed by atoms with Crippen LogP contribution in [0.15, 0.2) is 12.7 Å². The minimum absolute atomic E-state index is 0.359. The Bertz CT molecular complexity index is 141. The summed E-state index contributed by atoms with van der Waals surface area (Å²) in [5.74, 6) is 7.27. The van der Waals surface area contributed by atoms with Gasteiger partial charge in [-0.3, -0.25) is 11.3 Å². The van der Waals surface area contributed by atoms with Gasteiger partial charge < -0.3 is 0 Å². The minimum atomic E-state index is 0.359. The van der Waals surface area contributed by atoms with Crippen molar-refractivity contribution in [3.8, 4) is 0 Å². The first-order valence-electron chi connectivity index (χ1n) is 5.11. The lowest BCUT2D eigenvalue weighted by Gasteiger charge is -2.28. The van der Waals surface area contributed by atoms with E-state index in [2.05, 4.69) is 39.7 Å². The average molecular weight is 184 g/mol. The quantitative estimate of drug-likeness (QED) is 0.378. The van der Waals surface area contributed by atoms with Crippen LogP contribution in [0.2, 0.25) is 0 Å². The molecule has 2 unspecified atom stereocenters. The Balaban J connectivity index is 4.25. The van der Waals surface area contributed by atoms with E-state index in [9.17, 15) is 0 Å². The molecule has 0 fully saturated rings. The van der Waals surface area contributed by atoms with E-state index in [0.717, 1.165) is 6.42 Å². The SMILES string of the molecule is C=CC(C(C)C)C(CC(C)C)NN. The van der Waals surface area contributed by atoms with Crippen LogP contribution in [-0.4, -0.2) is 6.04 Å². The van der Waals surface area contributed by atoms with Crippen LogP contribution in [0.5, 0.6) is 0 Å². The summed E-state index contributed by atoms with van der Waals surface area (Å²) >= 11 is 0. The van der Waals surface area contributed by atoms with Crippen LogP contribution >= 0.6 is 0 Å². The molecule has 2 heteroatoms. The molecule has 78 valence electrons.